The number of aromatic nitrogens is 2. The average molecular weight is 243 g/mol. The molecule has 2 heterocycles. The second-order valence-corrected chi connectivity index (χ2v) is 4.01. The third-order valence-electron chi connectivity index (χ3n) is 2.78. The highest BCUT2D eigenvalue weighted by Gasteiger charge is 2.13. The molecule has 0 aliphatic rings. The first kappa shape index (κ1) is 11.0. The molecule has 1 N–H and O–H groups in total. The lowest BCUT2D eigenvalue weighted by atomic mass is 10.2. The third kappa shape index (κ3) is 1.89. The number of hydrogen-bond acceptors (Lipinski definition) is 5. The Kier molecular flexibility index (Phi) is 2.82. The van der Waals surface area contributed by atoms with E-state index < -0.39 is 0 Å². The number of para-hydroxylation sites is 1. The molecule has 0 saturated heterocycles. The molecule has 0 aliphatic carbocycles. The fourth-order valence-corrected chi connectivity index (χ4v) is 1.85. The van der Waals surface area contributed by atoms with Gasteiger partial charge in [-0.3, -0.25) is 0 Å². The van der Waals surface area contributed by atoms with Crippen molar-refractivity contribution in [2.24, 2.45) is 0 Å². The van der Waals surface area contributed by atoms with E-state index in [1.807, 2.05) is 31.3 Å². The minimum atomic E-state index is 0.575. The van der Waals surface area contributed by atoms with Gasteiger partial charge in [0.1, 0.15) is 11.8 Å². The standard InChI is InChI=1S/C13H13N3O2/c1-14-7-6-12-15-13(16-18-12)10-8-17-11-5-3-2-4-9(10)11/h2-5,8,14H,6-7H2,1H3. The molecule has 0 bridgehead atoms. The smallest absolute Gasteiger partial charge is 0.228 e. The van der Waals surface area contributed by atoms with Gasteiger partial charge in [0.15, 0.2) is 0 Å². The van der Waals surface area contributed by atoms with E-state index in [-0.39, 0.29) is 0 Å². The molecule has 5 nitrogen and oxygen atoms in total. The van der Waals surface area contributed by atoms with Crippen LogP contribution in [-0.2, 0) is 6.42 Å². The predicted molar refractivity (Wildman–Crippen MR) is 67.1 cm³/mol. The third-order valence-corrected chi connectivity index (χ3v) is 2.78. The lowest BCUT2D eigenvalue weighted by Crippen LogP contribution is -2.10. The first-order valence-electron chi connectivity index (χ1n) is 5.82. The second-order valence-electron chi connectivity index (χ2n) is 4.01. The summed E-state index contributed by atoms with van der Waals surface area (Å²) in [6.07, 6.45) is 2.39. The van der Waals surface area contributed by atoms with Crippen LogP contribution in [0.3, 0.4) is 0 Å². The quantitative estimate of drug-likeness (QED) is 0.761. The molecule has 0 radical (unpaired) electrons. The predicted octanol–water partition coefficient (Wildman–Crippen LogP) is 2.24. The molecule has 1 aromatic carbocycles. The van der Waals surface area contributed by atoms with Crippen LogP contribution in [0.2, 0.25) is 0 Å². The summed E-state index contributed by atoms with van der Waals surface area (Å²) in [5.74, 6) is 1.20. The molecule has 92 valence electrons. The monoisotopic (exact) mass is 243 g/mol. The fourth-order valence-electron chi connectivity index (χ4n) is 1.85. The Morgan fingerprint density at radius 2 is 2.17 bits per heavy atom. The Bertz CT molecular complexity index is 657. The summed E-state index contributed by atoms with van der Waals surface area (Å²) in [4.78, 5) is 4.36. The van der Waals surface area contributed by atoms with Crippen molar-refractivity contribution in [3.63, 3.8) is 0 Å². The number of nitrogens with one attached hydrogen (secondary N) is 1. The van der Waals surface area contributed by atoms with E-state index in [9.17, 15) is 0 Å². The summed E-state index contributed by atoms with van der Waals surface area (Å²) in [5, 5.41) is 8.03. The maximum Gasteiger partial charge on any atom is 0.228 e. The summed E-state index contributed by atoms with van der Waals surface area (Å²) < 4.78 is 10.7. The van der Waals surface area contributed by atoms with Crippen LogP contribution < -0.4 is 5.32 Å². The maximum atomic E-state index is 5.46. The number of rotatable bonds is 4. The number of furan rings is 1. The minimum absolute atomic E-state index is 0.575. The number of benzene rings is 1. The summed E-state index contributed by atoms with van der Waals surface area (Å²) in [5.41, 5.74) is 1.69. The van der Waals surface area contributed by atoms with E-state index in [0.29, 0.717) is 11.7 Å². The first-order valence-corrected chi connectivity index (χ1v) is 5.82. The van der Waals surface area contributed by atoms with Crippen LogP contribution in [-0.4, -0.2) is 23.7 Å². The molecule has 0 aliphatic heterocycles. The molecule has 0 unspecified atom stereocenters. The van der Waals surface area contributed by atoms with Gasteiger partial charge in [0.25, 0.3) is 0 Å². The van der Waals surface area contributed by atoms with Crippen molar-refractivity contribution in [3.8, 4) is 11.4 Å². The molecule has 3 aromatic rings. The number of hydrogen-bond donors (Lipinski definition) is 1. The molecule has 0 atom stereocenters. The van der Waals surface area contributed by atoms with Crippen molar-refractivity contribution in [3.05, 3.63) is 36.4 Å². The van der Waals surface area contributed by atoms with Gasteiger partial charge in [-0.05, 0) is 13.1 Å². The van der Waals surface area contributed by atoms with Gasteiger partial charge in [0.05, 0.1) is 5.56 Å². The zero-order chi connectivity index (χ0) is 12.4. The van der Waals surface area contributed by atoms with Gasteiger partial charge in [0, 0.05) is 18.4 Å². The van der Waals surface area contributed by atoms with E-state index in [4.69, 9.17) is 8.94 Å². The topological polar surface area (TPSA) is 64.1 Å². The van der Waals surface area contributed by atoms with Crippen molar-refractivity contribution in [1.82, 2.24) is 15.5 Å². The first-order chi connectivity index (χ1) is 8.88. The minimum Gasteiger partial charge on any atom is -0.464 e. The fraction of sp³-hybridized carbons (Fsp3) is 0.231. The molecule has 0 saturated carbocycles. The van der Waals surface area contributed by atoms with Crippen molar-refractivity contribution in [2.45, 2.75) is 6.42 Å². The van der Waals surface area contributed by atoms with Gasteiger partial charge >= 0.3 is 0 Å². The summed E-state index contributed by atoms with van der Waals surface area (Å²) in [6.45, 7) is 0.813. The summed E-state index contributed by atoms with van der Waals surface area (Å²) in [6, 6.07) is 7.80. The SMILES string of the molecule is CNCCc1nc(-c2coc3ccccc23)no1. The highest BCUT2D eigenvalue weighted by atomic mass is 16.5. The lowest BCUT2D eigenvalue weighted by molar-refractivity contribution is 0.377. The zero-order valence-corrected chi connectivity index (χ0v) is 10.0. The van der Waals surface area contributed by atoms with Gasteiger partial charge in [-0.15, -0.1) is 0 Å². The Balaban J connectivity index is 1.96. The Morgan fingerprint density at radius 1 is 1.28 bits per heavy atom. The van der Waals surface area contributed by atoms with E-state index in [2.05, 4.69) is 15.5 Å². The number of likely N-dealkylation sites (N-methyl/N-ethyl adjacent to an activating group) is 1. The van der Waals surface area contributed by atoms with Gasteiger partial charge < -0.3 is 14.3 Å². The Morgan fingerprint density at radius 3 is 3.06 bits per heavy atom. The Hall–Kier alpha value is -2.14. The van der Waals surface area contributed by atoms with E-state index in [0.717, 1.165) is 29.5 Å². The molecule has 18 heavy (non-hydrogen) atoms. The van der Waals surface area contributed by atoms with Gasteiger partial charge in [-0.2, -0.15) is 4.98 Å². The van der Waals surface area contributed by atoms with E-state index in [1.165, 1.54) is 0 Å². The van der Waals surface area contributed by atoms with Crippen LogP contribution in [0.5, 0.6) is 0 Å². The Labute approximate surface area is 104 Å². The number of nitrogens with zero attached hydrogens (tertiary/aromatic N) is 2. The molecule has 0 fully saturated rings. The molecule has 0 amide bonds. The molecule has 0 spiro atoms. The molecular weight excluding hydrogens is 230 g/mol. The van der Waals surface area contributed by atoms with Crippen molar-refractivity contribution in [1.29, 1.82) is 0 Å². The van der Waals surface area contributed by atoms with Crippen LogP contribution in [0.25, 0.3) is 22.4 Å². The molecule has 2 aromatic heterocycles. The highest BCUT2D eigenvalue weighted by molar-refractivity contribution is 5.91. The van der Waals surface area contributed by atoms with Crippen LogP contribution in [0.15, 0.2) is 39.5 Å². The zero-order valence-electron chi connectivity index (χ0n) is 10.0. The van der Waals surface area contributed by atoms with Crippen molar-refractivity contribution in [2.75, 3.05) is 13.6 Å². The average Bonchev–Trinajstić information content (AvgIpc) is 3.02. The molecule has 5 heteroatoms. The summed E-state index contributed by atoms with van der Waals surface area (Å²) in [7, 11) is 1.89. The largest absolute Gasteiger partial charge is 0.464 e. The highest BCUT2D eigenvalue weighted by Crippen LogP contribution is 2.28. The van der Waals surface area contributed by atoms with Gasteiger partial charge in [-0.25, -0.2) is 0 Å². The van der Waals surface area contributed by atoms with Gasteiger partial charge in [0.2, 0.25) is 11.7 Å². The van der Waals surface area contributed by atoms with Crippen molar-refractivity contribution < 1.29 is 8.94 Å². The maximum absolute atomic E-state index is 5.46. The summed E-state index contributed by atoms with van der Waals surface area (Å²) >= 11 is 0. The molecule has 3 rings (SSSR count). The van der Waals surface area contributed by atoms with Crippen molar-refractivity contribution >= 4 is 11.0 Å². The van der Waals surface area contributed by atoms with Gasteiger partial charge in [-0.1, -0.05) is 23.4 Å². The number of fused-ring (bicyclic) bond motifs is 1. The van der Waals surface area contributed by atoms with Crippen LogP contribution in [0.4, 0.5) is 0 Å². The van der Waals surface area contributed by atoms with Crippen LogP contribution in [0.1, 0.15) is 5.89 Å². The normalized spacial score (nSPS) is 11.2. The van der Waals surface area contributed by atoms with Crippen LogP contribution >= 0.6 is 0 Å². The van der Waals surface area contributed by atoms with E-state index in [1.54, 1.807) is 6.26 Å². The molecular formula is C13H13N3O2. The lowest BCUT2D eigenvalue weighted by Gasteiger charge is -1.91. The van der Waals surface area contributed by atoms with Crippen LogP contribution in [0, 0.1) is 0 Å². The second kappa shape index (κ2) is 4.62. The van der Waals surface area contributed by atoms with E-state index >= 15 is 0 Å².